The molecule has 0 bridgehead atoms. The minimum atomic E-state index is 0.0533. The summed E-state index contributed by atoms with van der Waals surface area (Å²) in [5.74, 6) is 1.67. The predicted octanol–water partition coefficient (Wildman–Crippen LogP) is 1.98. The molecule has 25 heavy (non-hydrogen) atoms. The summed E-state index contributed by atoms with van der Waals surface area (Å²) in [4.78, 5) is 28.8. The first-order valence-corrected chi connectivity index (χ1v) is 9.64. The summed E-state index contributed by atoms with van der Waals surface area (Å²) in [5, 5.41) is 3.26. The van der Waals surface area contributed by atoms with Gasteiger partial charge in [0.25, 0.3) is 0 Å². The number of hydrogen-bond acceptors (Lipinski definition) is 2. The average molecular weight is 339 g/mol. The minimum Gasteiger partial charge on any atom is -0.341 e. The monoisotopic (exact) mass is 339 g/mol. The van der Waals surface area contributed by atoms with Gasteiger partial charge in [0.15, 0.2) is 0 Å². The van der Waals surface area contributed by atoms with E-state index in [0.29, 0.717) is 36.9 Å². The normalized spacial score (nSPS) is 30.3. The fourth-order valence-corrected chi connectivity index (χ4v) is 4.71. The Morgan fingerprint density at radius 1 is 1.00 bits per heavy atom. The lowest BCUT2D eigenvalue weighted by molar-refractivity contribution is -0.132. The molecule has 3 atom stereocenters. The lowest BCUT2D eigenvalue weighted by Gasteiger charge is -2.23. The van der Waals surface area contributed by atoms with Crippen LogP contribution in [0.15, 0.2) is 24.3 Å². The van der Waals surface area contributed by atoms with E-state index in [1.165, 1.54) is 11.1 Å². The van der Waals surface area contributed by atoms with Gasteiger partial charge in [-0.1, -0.05) is 24.3 Å². The zero-order valence-electron chi connectivity index (χ0n) is 14.5. The van der Waals surface area contributed by atoms with Gasteiger partial charge in [-0.25, -0.2) is 4.79 Å². The van der Waals surface area contributed by atoms with Crippen molar-refractivity contribution >= 4 is 11.9 Å². The van der Waals surface area contributed by atoms with Crippen LogP contribution in [0.2, 0.25) is 0 Å². The lowest BCUT2D eigenvalue weighted by Crippen LogP contribution is -2.44. The third-order valence-corrected chi connectivity index (χ3v) is 6.35. The Bertz CT molecular complexity index is 715. The minimum absolute atomic E-state index is 0.0533. The summed E-state index contributed by atoms with van der Waals surface area (Å²) in [6, 6.07) is 8.97. The Morgan fingerprint density at radius 3 is 2.60 bits per heavy atom. The van der Waals surface area contributed by atoms with Gasteiger partial charge in [0, 0.05) is 44.1 Å². The van der Waals surface area contributed by atoms with Crippen LogP contribution in [0.1, 0.15) is 36.3 Å². The summed E-state index contributed by atoms with van der Waals surface area (Å²) in [6.45, 7) is 2.88. The van der Waals surface area contributed by atoms with Gasteiger partial charge in [-0.2, -0.15) is 0 Å². The molecule has 5 heteroatoms. The van der Waals surface area contributed by atoms with Crippen LogP contribution in [0.5, 0.6) is 0 Å². The van der Waals surface area contributed by atoms with Crippen molar-refractivity contribution in [1.82, 2.24) is 15.1 Å². The second kappa shape index (κ2) is 5.75. The van der Waals surface area contributed by atoms with Crippen molar-refractivity contribution in [2.45, 2.75) is 37.6 Å². The molecular weight excluding hydrogens is 314 g/mol. The van der Waals surface area contributed by atoms with Gasteiger partial charge in [-0.05, 0) is 42.7 Å². The van der Waals surface area contributed by atoms with Gasteiger partial charge < -0.3 is 15.1 Å². The smallest absolute Gasteiger partial charge is 0.317 e. The number of rotatable bonds is 2. The maximum Gasteiger partial charge on any atom is 0.317 e. The predicted molar refractivity (Wildman–Crippen MR) is 94.2 cm³/mol. The molecule has 5 rings (SSSR count). The van der Waals surface area contributed by atoms with Gasteiger partial charge in [0.2, 0.25) is 5.91 Å². The molecule has 0 unspecified atom stereocenters. The third-order valence-electron chi connectivity index (χ3n) is 6.35. The number of carbonyl (C=O) groups excluding carboxylic acids is 2. The van der Waals surface area contributed by atoms with Crippen LogP contribution in [0, 0.1) is 11.8 Å². The van der Waals surface area contributed by atoms with E-state index in [9.17, 15) is 9.59 Å². The number of benzene rings is 1. The number of fused-ring (bicyclic) bond motifs is 3. The Labute approximate surface area is 148 Å². The highest BCUT2D eigenvalue weighted by atomic mass is 16.2. The molecule has 0 radical (unpaired) electrons. The summed E-state index contributed by atoms with van der Waals surface area (Å²) >= 11 is 0. The van der Waals surface area contributed by atoms with E-state index in [1.54, 1.807) is 0 Å². The van der Waals surface area contributed by atoms with Crippen molar-refractivity contribution in [1.29, 1.82) is 0 Å². The Hall–Kier alpha value is -2.04. The number of urea groups is 1. The van der Waals surface area contributed by atoms with Gasteiger partial charge >= 0.3 is 6.03 Å². The van der Waals surface area contributed by atoms with E-state index in [-0.39, 0.29) is 11.9 Å². The van der Waals surface area contributed by atoms with E-state index >= 15 is 0 Å². The molecule has 0 spiro atoms. The van der Waals surface area contributed by atoms with Crippen LogP contribution in [-0.4, -0.2) is 54.0 Å². The number of hydrogen-bond donors (Lipinski definition) is 1. The van der Waals surface area contributed by atoms with E-state index in [0.717, 1.165) is 38.8 Å². The molecule has 4 aliphatic rings. The first kappa shape index (κ1) is 15.2. The van der Waals surface area contributed by atoms with Crippen molar-refractivity contribution < 1.29 is 9.59 Å². The Morgan fingerprint density at radius 2 is 1.76 bits per heavy atom. The highest BCUT2D eigenvalue weighted by molar-refractivity contribution is 5.81. The maximum absolute atomic E-state index is 12.7. The first-order chi connectivity index (χ1) is 12.2. The molecule has 3 amide bonds. The first-order valence-electron chi connectivity index (χ1n) is 9.64. The number of nitrogens with zero attached hydrogens (tertiary/aromatic N) is 2. The highest BCUT2D eigenvalue weighted by Crippen LogP contribution is 2.56. The summed E-state index contributed by atoms with van der Waals surface area (Å²) in [6.07, 6.45) is 4.07. The SMILES string of the molecule is O=C(N[C@@H]1[C@@H]2Cc3ccccc3[C@@H]21)N1CCCN(C(=O)C2CC2)CC1. The third kappa shape index (κ3) is 2.70. The summed E-state index contributed by atoms with van der Waals surface area (Å²) in [7, 11) is 0. The van der Waals surface area contributed by atoms with Gasteiger partial charge in [0.1, 0.15) is 0 Å². The van der Waals surface area contributed by atoms with Crippen molar-refractivity contribution in [3.05, 3.63) is 35.4 Å². The van der Waals surface area contributed by atoms with E-state index in [1.807, 2.05) is 9.80 Å². The fourth-order valence-electron chi connectivity index (χ4n) is 4.71. The summed E-state index contributed by atoms with van der Waals surface area (Å²) < 4.78 is 0. The fraction of sp³-hybridized carbons (Fsp3) is 0.600. The molecule has 1 N–H and O–H groups in total. The van der Waals surface area contributed by atoms with Crippen molar-refractivity contribution in [3.63, 3.8) is 0 Å². The van der Waals surface area contributed by atoms with Crippen LogP contribution < -0.4 is 5.32 Å². The van der Waals surface area contributed by atoms with Crippen molar-refractivity contribution in [2.75, 3.05) is 26.2 Å². The van der Waals surface area contributed by atoms with Gasteiger partial charge in [-0.3, -0.25) is 4.79 Å². The molecule has 1 saturated heterocycles. The molecule has 132 valence electrons. The molecule has 1 aromatic rings. The van der Waals surface area contributed by atoms with Crippen molar-refractivity contribution in [2.24, 2.45) is 11.8 Å². The molecule has 5 nitrogen and oxygen atoms in total. The Kier molecular flexibility index (Phi) is 3.50. The summed E-state index contributed by atoms with van der Waals surface area (Å²) in [5.41, 5.74) is 2.88. The number of nitrogens with one attached hydrogen (secondary N) is 1. The molecular formula is C20H25N3O2. The van der Waals surface area contributed by atoms with Crippen LogP contribution in [0.3, 0.4) is 0 Å². The quantitative estimate of drug-likeness (QED) is 0.896. The number of amides is 3. The van der Waals surface area contributed by atoms with Crippen molar-refractivity contribution in [3.8, 4) is 0 Å². The van der Waals surface area contributed by atoms with Gasteiger partial charge in [0.05, 0.1) is 0 Å². The zero-order chi connectivity index (χ0) is 17.0. The zero-order valence-corrected chi connectivity index (χ0v) is 14.5. The topological polar surface area (TPSA) is 52.7 Å². The molecule has 3 fully saturated rings. The standard InChI is InChI=1S/C20H25N3O2/c24-19(13-6-7-13)22-8-3-9-23(11-10-22)20(25)21-18-16-12-14-4-1-2-5-15(14)17(16)18/h1-2,4-5,13,16-18H,3,6-12H2,(H,21,25)/t16-,17+,18-/m1/s1. The van der Waals surface area contributed by atoms with Gasteiger partial charge in [-0.15, -0.1) is 0 Å². The van der Waals surface area contributed by atoms with E-state index < -0.39 is 0 Å². The largest absolute Gasteiger partial charge is 0.341 e. The lowest BCUT2D eigenvalue weighted by atomic mass is 10.1. The highest BCUT2D eigenvalue weighted by Gasteiger charge is 2.56. The van der Waals surface area contributed by atoms with Crippen LogP contribution in [-0.2, 0) is 11.2 Å². The van der Waals surface area contributed by atoms with Crippen LogP contribution in [0.25, 0.3) is 0 Å². The molecule has 1 aliphatic heterocycles. The van der Waals surface area contributed by atoms with Crippen LogP contribution in [0.4, 0.5) is 4.79 Å². The second-order valence-corrected chi connectivity index (χ2v) is 8.01. The molecule has 1 aromatic carbocycles. The van der Waals surface area contributed by atoms with E-state index in [2.05, 4.69) is 29.6 Å². The average Bonchev–Trinajstić information content (AvgIpc) is 3.52. The molecule has 1 heterocycles. The molecule has 2 saturated carbocycles. The van der Waals surface area contributed by atoms with Crippen LogP contribution >= 0.6 is 0 Å². The van der Waals surface area contributed by atoms with E-state index in [4.69, 9.17) is 0 Å². The molecule has 0 aromatic heterocycles. The maximum atomic E-state index is 12.7. The molecule has 3 aliphatic carbocycles. The second-order valence-electron chi connectivity index (χ2n) is 8.01. The Balaban J connectivity index is 1.17. The number of carbonyl (C=O) groups is 2.